The van der Waals surface area contributed by atoms with Crippen LogP contribution in [-0.2, 0) is 0 Å². The third kappa shape index (κ3) is 3.58. The Balaban J connectivity index is 1.94. The van der Waals surface area contributed by atoms with Crippen LogP contribution in [0.15, 0.2) is 29.2 Å². The molecule has 2 nitrogen and oxygen atoms in total. The summed E-state index contributed by atoms with van der Waals surface area (Å²) in [7, 11) is 0. The fraction of sp³-hybridized carbons (Fsp3) is 0.500. The normalized spacial score (nSPS) is 18.9. The number of aliphatic hydroxyl groups is 1. The molecule has 0 aromatic heterocycles. The monoisotopic (exact) mass is 250 g/mol. The van der Waals surface area contributed by atoms with Gasteiger partial charge in [-0.25, -0.2) is 0 Å². The molecular weight excluding hydrogens is 232 g/mol. The molecule has 1 aliphatic carbocycles. The molecule has 0 amide bonds. The summed E-state index contributed by atoms with van der Waals surface area (Å²) in [6, 6.07) is 7.55. The lowest BCUT2D eigenvalue weighted by Gasteiger charge is -2.31. The molecule has 0 heterocycles. The first kappa shape index (κ1) is 12.7. The van der Waals surface area contributed by atoms with Gasteiger partial charge in [-0.1, -0.05) is 31.4 Å². The number of carbonyl (C=O) groups excluding carboxylic acids is 1. The highest BCUT2D eigenvalue weighted by molar-refractivity contribution is 7.99. The van der Waals surface area contributed by atoms with Gasteiger partial charge in [0.1, 0.15) is 6.29 Å². The molecule has 0 atom stereocenters. The molecule has 0 unspecified atom stereocenters. The predicted molar refractivity (Wildman–Crippen MR) is 70.6 cm³/mol. The summed E-state index contributed by atoms with van der Waals surface area (Å²) in [5, 5.41) is 10.4. The van der Waals surface area contributed by atoms with Crippen molar-refractivity contribution in [3.63, 3.8) is 0 Å². The van der Waals surface area contributed by atoms with E-state index in [1.807, 2.05) is 18.2 Å². The van der Waals surface area contributed by atoms with Crippen molar-refractivity contribution in [1.82, 2.24) is 0 Å². The van der Waals surface area contributed by atoms with E-state index in [2.05, 4.69) is 0 Å². The maximum Gasteiger partial charge on any atom is 0.150 e. The fourth-order valence-electron chi connectivity index (χ4n) is 2.25. The maximum atomic E-state index is 10.7. The van der Waals surface area contributed by atoms with Gasteiger partial charge in [-0.05, 0) is 25.0 Å². The van der Waals surface area contributed by atoms with Crippen LogP contribution in [0.4, 0.5) is 0 Å². The third-order valence-corrected chi connectivity index (χ3v) is 4.55. The van der Waals surface area contributed by atoms with E-state index in [0.717, 1.165) is 42.6 Å². The lowest BCUT2D eigenvalue weighted by atomic mass is 9.86. The van der Waals surface area contributed by atoms with Gasteiger partial charge in [-0.2, -0.15) is 0 Å². The summed E-state index contributed by atoms with van der Waals surface area (Å²) in [4.78, 5) is 11.7. The summed E-state index contributed by atoms with van der Waals surface area (Å²) in [5.41, 5.74) is 0.200. The molecule has 0 bridgehead atoms. The summed E-state index contributed by atoms with van der Waals surface area (Å²) >= 11 is 1.65. The van der Waals surface area contributed by atoms with Crippen molar-refractivity contribution in [3.05, 3.63) is 29.8 Å². The first-order valence-corrected chi connectivity index (χ1v) is 7.11. The highest BCUT2D eigenvalue weighted by Crippen LogP contribution is 2.33. The molecule has 0 spiro atoms. The standard InChI is InChI=1S/C14H18O2S/c15-10-12-5-4-6-13(9-12)17-11-14(16)7-2-1-3-8-14/h4-6,9-10,16H,1-3,7-8,11H2. The minimum atomic E-state index is -0.500. The molecule has 1 saturated carbocycles. The average molecular weight is 250 g/mol. The Morgan fingerprint density at radius 3 is 2.76 bits per heavy atom. The Labute approximate surface area is 106 Å². The molecule has 0 aliphatic heterocycles. The zero-order chi connectivity index (χ0) is 12.1. The quantitative estimate of drug-likeness (QED) is 0.658. The van der Waals surface area contributed by atoms with E-state index in [1.165, 1.54) is 6.42 Å². The Hall–Kier alpha value is -0.800. The third-order valence-electron chi connectivity index (χ3n) is 3.29. The minimum absolute atomic E-state index is 0.500. The lowest BCUT2D eigenvalue weighted by Crippen LogP contribution is -2.33. The Bertz CT molecular complexity index is 384. The van der Waals surface area contributed by atoms with Gasteiger partial charge in [0.2, 0.25) is 0 Å². The van der Waals surface area contributed by atoms with Crippen molar-refractivity contribution in [2.45, 2.75) is 42.6 Å². The number of carbonyl (C=O) groups is 1. The first-order chi connectivity index (χ1) is 8.22. The number of hydrogen-bond acceptors (Lipinski definition) is 3. The van der Waals surface area contributed by atoms with Crippen LogP contribution in [-0.4, -0.2) is 22.7 Å². The van der Waals surface area contributed by atoms with Gasteiger partial charge in [0.05, 0.1) is 5.60 Å². The molecule has 1 N–H and O–H groups in total. The topological polar surface area (TPSA) is 37.3 Å². The van der Waals surface area contributed by atoms with Crippen molar-refractivity contribution in [3.8, 4) is 0 Å². The van der Waals surface area contributed by atoms with Crippen LogP contribution in [0, 0.1) is 0 Å². The van der Waals surface area contributed by atoms with E-state index in [0.29, 0.717) is 5.56 Å². The molecule has 3 heteroatoms. The number of thioether (sulfide) groups is 1. The second-order valence-corrected chi connectivity index (χ2v) is 5.81. The summed E-state index contributed by atoms with van der Waals surface area (Å²) in [6.07, 6.45) is 6.19. The van der Waals surface area contributed by atoms with Crippen LogP contribution >= 0.6 is 11.8 Å². The molecule has 1 aromatic rings. The summed E-state index contributed by atoms with van der Waals surface area (Å²) in [6.45, 7) is 0. The maximum absolute atomic E-state index is 10.7. The zero-order valence-electron chi connectivity index (χ0n) is 9.89. The number of hydrogen-bond donors (Lipinski definition) is 1. The molecule has 0 radical (unpaired) electrons. The fourth-order valence-corrected chi connectivity index (χ4v) is 3.37. The van der Waals surface area contributed by atoms with Gasteiger partial charge in [0.25, 0.3) is 0 Å². The van der Waals surface area contributed by atoms with E-state index in [-0.39, 0.29) is 0 Å². The van der Waals surface area contributed by atoms with E-state index >= 15 is 0 Å². The van der Waals surface area contributed by atoms with Crippen LogP contribution in [0.5, 0.6) is 0 Å². The second kappa shape index (κ2) is 5.69. The van der Waals surface area contributed by atoms with Crippen molar-refractivity contribution < 1.29 is 9.90 Å². The van der Waals surface area contributed by atoms with Gasteiger partial charge in [-0.3, -0.25) is 4.79 Å². The summed E-state index contributed by atoms with van der Waals surface area (Å²) < 4.78 is 0. The zero-order valence-corrected chi connectivity index (χ0v) is 10.7. The Kier molecular flexibility index (Phi) is 4.24. The van der Waals surface area contributed by atoms with Crippen molar-refractivity contribution in [2.24, 2.45) is 0 Å². The summed E-state index contributed by atoms with van der Waals surface area (Å²) in [5.74, 6) is 0.731. The van der Waals surface area contributed by atoms with Gasteiger partial charge < -0.3 is 5.11 Å². The van der Waals surface area contributed by atoms with Gasteiger partial charge >= 0.3 is 0 Å². The second-order valence-electron chi connectivity index (χ2n) is 4.76. The Morgan fingerprint density at radius 2 is 2.06 bits per heavy atom. The molecule has 2 rings (SSSR count). The van der Waals surface area contributed by atoms with Gasteiger partial charge in [0.15, 0.2) is 0 Å². The van der Waals surface area contributed by atoms with E-state index in [4.69, 9.17) is 0 Å². The van der Waals surface area contributed by atoms with Crippen LogP contribution in [0.3, 0.4) is 0 Å². The lowest BCUT2D eigenvalue weighted by molar-refractivity contribution is 0.0273. The number of rotatable bonds is 4. The van der Waals surface area contributed by atoms with Crippen molar-refractivity contribution >= 4 is 18.0 Å². The largest absolute Gasteiger partial charge is 0.389 e. The van der Waals surface area contributed by atoms with Crippen LogP contribution in [0.25, 0.3) is 0 Å². The molecule has 1 aliphatic rings. The first-order valence-electron chi connectivity index (χ1n) is 6.12. The van der Waals surface area contributed by atoms with Crippen LogP contribution < -0.4 is 0 Å². The van der Waals surface area contributed by atoms with E-state index < -0.39 is 5.60 Å². The number of benzene rings is 1. The molecular formula is C14H18O2S. The molecule has 1 aromatic carbocycles. The van der Waals surface area contributed by atoms with E-state index in [1.54, 1.807) is 17.8 Å². The SMILES string of the molecule is O=Cc1cccc(SCC2(O)CCCCC2)c1. The molecule has 92 valence electrons. The average Bonchev–Trinajstić information content (AvgIpc) is 2.38. The Morgan fingerprint density at radius 1 is 1.29 bits per heavy atom. The van der Waals surface area contributed by atoms with Gasteiger partial charge in [0, 0.05) is 16.2 Å². The van der Waals surface area contributed by atoms with Crippen molar-refractivity contribution in [2.75, 3.05) is 5.75 Å². The number of aldehydes is 1. The highest BCUT2D eigenvalue weighted by atomic mass is 32.2. The van der Waals surface area contributed by atoms with Crippen molar-refractivity contribution in [1.29, 1.82) is 0 Å². The molecule has 1 fully saturated rings. The highest BCUT2D eigenvalue weighted by Gasteiger charge is 2.28. The predicted octanol–water partition coefficient (Wildman–Crippen LogP) is 3.29. The minimum Gasteiger partial charge on any atom is -0.389 e. The van der Waals surface area contributed by atoms with Crippen LogP contribution in [0.1, 0.15) is 42.5 Å². The molecule has 0 saturated heterocycles. The molecule has 17 heavy (non-hydrogen) atoms. The van der Waals surface area contributed by atoms with Gasteiger partial charge in [-0.15, -0.1) is 11.8 Å². The van der Waals surface area contributed by atoms with Crippen LogP contribution in [0.2, 0.25) is 0 Å². The van der Waals surface area contributed by atoms with E-state index in [9.17, 15) is 9.90 Å². The smallest absolute Gasteiger partial charge is 0.150 e.